The molecule has 0 aromatic carbocycles. The number of amides is 1. The van der Waals surface area contributed by atoms with Crippen LogP contribution in [0.3, 0.4) is 0 Å². The molecule has 19 heavy (non-hydrogen) atoms. The molecule has 0 unspecified atom stereocenters. The second-order valence-corrected chi connectivity index (χ2v) is 5.27. The van der Waals surface area contributed by atoms with Gasteiger partial charge in [0, 0.05) is 23.7 Å². The highest BCUT2D eigenvalue weighted by atomic mass is 35.5. The van der Waals surface area contributed by atoms with Gasteiger partial charge in [0.2, 0.25) is 0 Å². The van der Waals surface area contributed by atoms with Gasteiger partial charge in [-0.05, 0) is 18.6 Å². The fraction of sp³-hybridized carbons (Fsp3) is 0.308. The van der Waals surface area contributed by atoms with Crippen molar-refractivity contribution in [2.75, 3.05) is 7.05 Å². The van der Waals surface area contributed by atoms with E-state index < -0.39 is 0 Å². The Morgan fingerprint density at radius 1 is 1.42 bits per heavy atom. The maximum atomic E-state index is 12.3. The van der Waals surface area contributed by atoms with Crippen LogP contribution in [0.25, 0.3) is 0 Å². The molecule has 0 atom stereocenters. The lowest BCUT2D eigenvalue weighted by Gasteiger charge is -2.16. The summed E-state index contributed by atoms with van der Waals surface area (Å²) in [6.07, 6.45) is 0.747. The zero-order valence-corrected chi connectivity index (χ0v) is 12.3. The van der Waals surface area contributed by atoms with Crippen molar-refractivity contribution < 1.29 is 4.79 Å². The highest BCUT2D eigenvalue weighted by molar-refractivity contribution is 7.07. The molecule has 2 aromatic rings. The number of nitrogens with zero attached hydrogens (tertiary/aromatic N) is 3. The zero-order chi connectivity index (χ0) is 13.8. The van der Waals surface area contributed by atoms with Crippen molar-refractivity contribution in [2.45, 2.75) is 19.9 Å². The third-order valence-electron chi connectivity index (χ3n) is 2.69. The Morgan fingerprint density at radius 2 is 2.21 bits per heavy atom. The molecule has 0 aliphatic carbocycles. The molecule has 0 saturated heterocycles. The fourth-order valence-electron chi connectivity index (χ4n) is 1.71. The van der Waals surface area contributed by atoms with E-state index in [0.29, 0.717) is 17.3 Å². The normalized spacial score (nSPS) is 10.5. The van der Waals surface area contributed by atoms with Gasteiger partial charge in [0.15, 0.2) is 0 Å². The van der Waals surface area contributed by atoms with E-state index in [-0.39, 0.29) is 5.91 Å². The van der Waals surface area contributed by atoms with Crippen molar-refractivity contribution in [1.29, 1.82) is 0 Å². The van der Waals surface area contributed by atoms with E-state index in [1.165, 1.54) is 11.3 Å². The third kappa shape index (κ3) is 3.52. The van der Waals surface area contributed by atoms with Crippen molar-refractivity contribution in [3.8, 4) is 0 Å². The second-order valence-electron chi connectivity index (χ2n) is 4.16. The van der Waals surface area contributed by atoms with Crippen molar-refractivity contribution >= 4 is 28.8 Å². The lowest BCUT2D eigenvalue weighted by Crippen LogP contribution is -2.26. The van der Waals surface area contributed by atoms with Crippen molar-refractivity contribution in [3.05, 3.63) is 45.1 Å². The monoisotopic (exact) mass is 295 g/mol. The summed E-state index contributed by atoms with van der Waals surface area (Å²) in [4.78, 5) is 22.3. The molecule has 0 spiro atoms. The van der Waals surface area contributed by atoms with Crippen LogP contribution in [0.5, 0.6) is 0 Å². The van der Waals surface area contributed by atoms with E-state index >= 15 is 0 Å². The first-order valence-electron chi connectivity index (χ1n) is 5.89. The largest absolute Gasteiger partial charge is 0.336 e. The van der Waals surface area contributed by atoms with Crippen LogP contribution in [-0.4, -0.2) is 27.8 Å². The molecule has 0 fully saturated rings. The van der Waals surface area contributed by atoms with Gasteiger partial charge < -0.3 is 4.90 Å². The van der Waals surface area contributed by atoms with Gasteiger partial charge in [-0.15, -0.1) is 11.3 Å². The van der Waals surface area contributed by atoms with Gasteiger partial charge in [0.25, 0.3) is 5.91 Å². The Bertz CT molecular complexity index is 571. The van der Waals surface area contributed by atoms with Crippen LogP contribution in [0.1, 0.15) is 28.7 Å². The summed E-state index contributed by atoms with van der Waals surface area (Å²) in [7, 11) is 1.75. The van der Waals surface area contributed by atoms with Crippen molar-refractivity contribution in [2.24, 2.45) is 0 Å². The number of hydrogen-bond donors (Lipinski definition) is 0. The number of carbonyl (C=O) groups is 1. The van der Waals surface area contributed by atoms with Gasteiger partial charge in [-0.2, -0.15) is 0 Å². The number of thiazole rings is 1. The van der Waals surface area contributed by atoms with Gasteiger partial charge >= 0.3 is 0 Å². The van der Waals surface area contributed by atoms with E-state index in [9.17, 15) is 4.79 Å². The Hall–Kier alpha value is -1.46. The van der Waals surface area contributed by atoms with Crippen LogP contribution in [0.2, 0.25) is 5.15 Å². The summed E-state index contributed by atoms with van der Waals surface area (Å²) in [5, 5.41) is 2.28. The van der Waals surface area contributed by atoms with E-state index in [0.717, 1.165) is 17.8 Å². The molecule has 0 N–H and O–H groups in total. The Morgan fingerprint density at radius 3 is 2.84 bits per heavy atom. The summed E-state index contributed by atoms with van der Waals surface area (Å²) < 4.78 is 0. The average molecular weight is 296 g/mol. The summed E-state index contributed by atoms with van der Waals surface area (Å²) >= 11 is 7.45. The van der Waals surface area contributed by atoms with Crippen LogP contribution in [0, 0.1) is 0 Å². The maximum absolute atomic E-state index is 12.3. The van der Waals surface area contributed by atoms with Crippen LogP contribution in [-0.2, 0) is 13.0 Å². The van der Waals surface area contributed by atoms with Crippen LogP contribution >= 0.6 is 22.9 Å². The lowest BCUT2D eigenvalue weighted by atomic mass is 10.2. The summed E-state index contributed by atoms with van der Waals surface area (Å²) in [5.41, 5.74) is 4.02. The molecule has 2 rings (SSSR count). The number of aryl methyl sites for hydroxylation is 1. The summed E-state index contributed by atoms with van der Waals surface area (Å²) in [6, 6.07) is 3.38. The molecule has 0 aliphatic heterocycles. The standard InChI is InChI=1S/C13H14ClN3OS/c1-3-10-4-9(5-12(14)16-10)13(18)17(2)6-11-7-19-8-15-11/h4-5,7-8H,3,6H2,1-2H3. The van der Waals surface area contributed by atoms with Crippen molar-refractivity contribution in [3.63, 3.8) is 0 Å². The summed E-state index contributed by atoms with van der Waals surface area (Å²) in [5.74, 6) is -0.0769. The first-order chi connectivity index (χ1) is 9.10. The average Bonchev–Trinajstić information content (AvgIpc) is 2.89. The molecule has 1 amide bonds. The van der Waals surface area contributed by atoms with Gasteiger partial charge in [-0.25, -0.2) is 9.97 Å². The molecule has 0 saturated carbocycles. The number of halogens is 1. The Balaban J connectivity index is 2.16. The fourth-order valence-corrected chi connectivity index (χ4v) is 2.48. The minimum Gasteiger partial charge on any atom is -0.336 e. The quantitative estimate of drug-likeness (QED) is 0.815. The number of carbonyl (C=O) groups excluding carboxylic acids is 1. The molecule has 0 radical (unpaired) electrons. The predicted molar refractivity (Wildman–Crippen MR) is 76.5 cm³/mol. The highest BCUT2D eigenvalue weighted by Crippen LogP contribution is 2.14. The number of aromatic nitrogens is 2. The first kappa shape index (κ1) is 14.0. The van der Waals surface area contributed by atoms with Crippen LogP contribution < -0.4 is 0 Å². The number of hydrogen-bond acceptors (Lipinski definition) is 4. The zero-order valence-electron chi connectivity index (χ0n) is 10.8. The molecule has 0 bridgehead atoms. The third-order valence-corrected chi connectivity index (χ3v) is 3.51. The first-order valence-corrected chi connectivity index (χ1v) is 7.21. The number of pyridine rings is 1. The molecular formula is C13H14ClN3OS. The molecule has 2 heterocycles. The highest BCUT2D eigenvalue weighted by Gasteiger charge is 2.14. The van der Waals surface area contributed by atoms with Crippen molar-refractivity contribution in [1.82, 2.24) is 14.9 Å². The maximum Gasteiger partial charge on any atom is 0.254 e. The molecule has 0 aliphatic rings. The van der Waals surface area contributed by atoms with Gasteiger partial charge in [0.1, 0.15) is 5.15 Å². The van der Waals surface area contributed by atoms with Gasteiger partial charge in [0.05, 0.1) is 17.7 Å². The minimum absolute atomic E-state index is 0.0769. The molecule has 6 heteroatoms. The number of rotatable bonds is 4. The lowest BCUT2D eigenvalue weighted by molar-refractivity contribution is 0.0783. The minimum atomic E-state index is -0.0769. The smallest absolute Gasteiger partial charge is 0.254 e. The Kier molecular flexibility index (Phi) is 4.50. The van der Waals surface area contributed by atoms with Gasteiger partial charge in [-0.3, -0.25) is 4.79 Å². The SMILES string of the molecule is CCc1cc(C(=O)N(C)Cc2cscn2)cc(Cl)n1. The van der Waals surface area contributed by atoms with Crippen LogP contribution in [0.4, 0.5) is 0 Å². The molecule has 100 valence electrons. The van der Waals surface area contributed by atoms with E-state index in [1.54, 1.807) is 29.6 Å². The predicted octanol–water partition coefficient (Wildman–Crippen LogP) is 3.03. The molecular weight excluding hydrogens is 282 g/mol. The van der Waals surface area contributed by atoms with E-state index in [4.69, 9.17) is 11.6 Å². The van der Waals surface area contributed by atoms with Crippen LogP contribution in [0.15, 0.2) is 23.0 Å². The summed E-state index contributed by atoms with van der Waals surface area (Å²) in [6.45, 7) is 2.47. The van der Waals surface area contributed by atoms with E-state index in [1.807, 2.05) is 12.3 Å². The molecule has 2 aromatic heterocycles. The van der Waals surface area contributed by atoms with E-state index in [2.05, 4.69) is 9.97 Å². The second kappa shape index (κ2) is 6.12. The Labute approximate surface area is 121 Å². The topological polar surface area (TPSA) is 46.1 Å². The molecule has 4 nitrogen and oxygen atoms in total. The van der Waals surface area contributed by atoms with Gasteiger partial charge in [-0.1, -0.05) is 18.5 Å².